The molecule has 1 fully saturated rings. The summed E-state index contributed by atoms with van der Waals surface area (Å²) in [6.45, 7) is 2.52. The minimum Gasteiger partial charge on any atom is -0.478 e. The van der Waals surface area contributed by atoms with Gasteiger partial charge >= 0.3 is 5.97 Å². The lowest BCUT2D eigenvalue weighted by molar-refractivity contribution is 0.0698. The van der Waals surface area contributed by atoms with Gasteiger partial charge in [-0.3, -0.25) is 4.79 Å². The predicted molar refractivity (Wildman–Crippen MR) is 86.1 cm³/mol. The van der Waals surface area contributed by atoms with Gasteiger partial charge in [-0.05, 0) is 31.9 Å². The quantitative estimate of drug-likeness (QED) is 0.897. The molecule has 2 N–H and O–H groups in total. The number of benzene rings is 1. The van der Waals surface area contributed by atoms with Crippen LogP contribution in [0, 0.1) is 6.92 Å². The lowest BCUT2D eigenvalue weighted by Crippen LogP contribution is -2.13. The summed E-state index contributed by atoms with van der Waals surface area (Å²) in [5.74, 6) is -1.44. The van der Waals surface area contributed by atoms with Crippen LogP contribution in [0.3, 0.4) is 0 Å². The van der Waals surface area contributed by atoms with Crippen LogP contribution in [-0.4, -0.2) is 28.6 Å². The molecule has 0 bridgehead atoms. The Morgan fingerprint density at radius 3 is 2.96 bits per heavy atom. The highest BCUT2D eigenvalue weighted by molar-refractivity contribution is 7.13. The minimum atomic E-state index is -1.08. The molecule has 1 amide bonds. The van der Waals surface area contributed by atoms with Gasteiger partial charge in [0.1, 0.15) is 16.0 Å². The van der Waals surface area contributed by atoms with Gasteiger partial charge in [0.15, 0.2) is 0 Å². The molecule has 7 heteroatoms. The van der Waals surface area contributed by atoms with E-state index in [0.717, 1.165) is 30.0 Å². The molecular formula is C16H16N2O4S. The second-order valence-corrected chi connectivity index (χ2v) is 6.43. The molecule has 1 aromatic heterocycles. The molecule has 1 aromatic carbocycles. The topological polar surface area (TPSA) is 88.5 Å². The van der Waals surface area contributed by atoms with Crippen molar-refractivity contribution in [3.63, 3.8) is 0 Å². The van der Waals surface area contributed by atoms with Gasteiger partial charge < -0.3 is 15.2 Å². The molecule has 2 heterocycles. The van der Waals surface area contributed by atoms with Gasteiger partial charge in [0.25, 0.3) is 5.91 Å². The number of nitrogens with one attached hydrogen (secondary N) is 1. The van der Waals surface area contributed by atoms with Crippen molar-refractivity contribution in [2.75, 3.05) is 11.9 Å². The Kier molecular flexibility index (Phi) is 4.40. The zero-order valence-electron chi connectivity index (χ0n) is 12.5. The Balaban J connectivity index is 1.78. The van der Waals surface area contributed by atoms with E-state index in [0.29, 0.717) is 4.88 Å². The zero-order valence-corrected chi connectivity index (χ0v) is 13.4. The van der Waals surface area contributed by atoms with Gasteiger partial charge in [-0.25, -0.2) is 9.78 Å². The van der Waals surface area contributed by atoms with E-state index in [1.165, 1.54) is 23.6 Å². The summed E-state index contributed by atoms with van der Waals surface area (Å²) < 4.78 is 5.55. The minimum absolute atomic E-state index is 0.0319. The number of anilines is 1. The molecule has 0 spiro atoms. The molecule has 1 atom stereocenters. The van der Waals surface area contributed by atoms with Crippen molar-refractivity contribution >= 4 is 28.9 Å². The van der Waals surface area contributed by atoms with Gasteiger partial charge in [0, 0.05) is 6.61 Å². The van der Waals surface area contributed by atoms with E-state index in [2.05, 4.69) is 10.3 Å². The van der Waals surface area contributed by atoms with Crippen LogP contribution in [0.25, 0.3) is 0 Å². The van der Waals surface area contributed by atoms with E-state index in [-0.39, 0.29) is 23.3 Å². The number of carbonyl (C=O) groups excluding carboxylic acids is 1. The van der Waals surface area contributed by atoms with Crippen LogP contribution in [0.15, 0.2) is 24.4 Å². The van der Waals surface area contributed by atoms with E-state index in [4.69, 9.17) is 4.74 Å². The first-order valence-electron chi connectivity index (χ1n) is 7.27. The van der Waals surface area contributed by atoms with Gasteiger partial charge in [-0.2, -0.15) is 0 Å². The summed E-state index contributed by atoms with van der Waals surface area (Å²) in [7, 11) is 0. The monoisotopic (exact) mass is 332 g/mol. The number of thiazole rings is 1. The standard InChI is InChI=1S/C16H16N2O4S/c1-9-4-5-11(10(7-9)16(20)21)18-14(19)13-8-17-15(23-13)12-3-2-6-22-12/h4-5,7-8,12H,2-3,6H2,1H3,(H,18,19)(H,20,21). The number of amides is 1. The number of carbonyl (C=O) groups is 2. The Labute approximate surface area is 137 Å². The SMILES string of the molecule is Cc1ccc(NC(=O)c2cnc(C3CCCO3)s2)c(C(=O)O)c1. The van der Waals surface area contributed by atoms with E-state index in [1.807, 2.05) is 0 Å². The maximum absolute atomic E-state index is 12.3. The van der Waals surface area contributed by atoms with Crippen molar-refractivity contribution in [2.45, 2.75) is 25.9 Å². The lowest BCUT2D eigenvalue weighted by Gasteiger charge is -2.08. The van der Waals surface area contributed by atoms with Crippen LogP contribution >= 0.6 is 11.3 Å². The van der Waals surface area contributed by atoms with E-state index in [9.17, 15) is 14.7 Å². The highest BCUT2D eigenvalue weighted by Gasteiger charge is 2.23. The molecule has 0 saturated carbocycles. The van der Waals surface area contributed by atoms with Gasteiger partial charge in [0.2, 0.25) is 0 Å². The molecule has 1 aliphatic heterocycles. The van der Waals surface area contributed by atoms with Crippen LogP contribution in [0.5, 0.6) is 0 Å². The smallest absolute Gasteiger partial charge is 0.337 e. The van der Waals surface area contributed by atoms with Crippen molar-refractivity contribution in [1.82, 2.24) is 4.98 Å². The average Bonchev–Trinajstić information content (AvgIpc) is 3.19. The van der Waals surface area contributed by atoms with E-state index in [1.54, 1.807) is 19.1 Å². The number of carboxylic acid groups (broad SMARTS) is 1. The van der Waals surface area contributed by atoms with Gasteiger partial charge in [0.05, 0.1) is 17.4 Å². The van der Waals surface area contributed by atoms with Gasteiger partial charge in [-0.15, -0.1) is 11.3 Å². The third kappa shape index (κ3) is 3.40. The number of aromatic nitrogens is 1. The van der Waals surface area contributed by atoms with E-state index >= 15 is 0 Å². The fourth-order valence-electron chi connectivity index (χ4n) is 2.44. The number of ether oxygens (including phenoxy) is 1. The number of hydrogen-bond acceptors (Lipinski definition) is 5. The lowest BCUT2D eigenvalue weighted by atomic mass is 10.1. The van der Waals surface area contributed by atoms with Crippen molar-refractivity contribution in [3.05, 3.63) is 45.4 Å². The molecule has 0 aliphatic carbocycles. The van der Waals surface area contributed by atoms with Crippen molar-refractivity contribution < 1.29 is 19.4 Å². The van der Waals surface area contributed by atoms with E-state index < -0.39 is 5.97 Å². The number of aromatic carboxylic acids is 1. The number of hydrogen-bond donors (Lipinski definition) is 2. The van der Waals surface area contributed by atoms with Crippen molar-refractivity contribution in [1.29, 1.82) is 0 Å². The van der Waals surface area contributed by atoms with Crippen LogP contribution in [0.4, 0.5) is 5.69 Å². The third-order valence-corrected chi connectivity index (χ3v) is 4.69. The Morgan fingerprint density at radius 1 is 1.43 bits per heavy atom. The average molecular weight is 332 g/mol. The summed E-state index contributed by atoms with van der Waals surface area (Å²) in [5.41, 5.74) is 1.17. The summed E-state index contributed by atoms with van der Waals surface area (Å²) in [6, 6.07) is 4.88. The van der Waals surface area contributed by atoms with Crippen LogP contribution < -0.4 is 5.32 Å². The molecule has 1 aliphatic rings. The number of rotatable bonds is 4. The molecular weight excluding hydrogens is 316 g/mol. The fraction of sp³-hybridized carbons (Fsp3) is 0.312. The van der Waals surface area contributed by atoms with Crippen LogP contribution in [0.2, 0.25) is 0 Å². The molecule has 120 valence electrons. The largest absolute Gasteiger partial charge is 0.478 e. The summed E-state index contributed by atoms with van der Waals surface area (Å²) in [4.78, 5) is 28.3. The van der Waals surface area contributed by atoms with Crippen LogP contribution in [-0.2, 0) is 4.74 Å². The normalized spacial score (nSPS) is 17.2. The Hall–Kier alpha value is -2.25. The molecule has 6 nitrogen and oxygen atoms in total. The van der Waals surface area contributed by atoms with Crippen LogP contribution in [0.1, 0.15) is 49.5 Å². The maximum Gasteiger partial charge on any atom is 0.337 e. The van der Waals surface area contributed by atoms with Crippen molar-refractivity contribution in [2.24, 2.45) is 0 Å². The Bertz CT molecular complexity index is 750. The molecule has 1 saturated heterocycles. The second kappa shape index (κ2) is 6.47. The molecule has 23 heavy (non-hydrogen) atoms. The summed E-state index contributed by atoms with van der Waals surface area (Å²) >= 11 is 1.28. The zero-order chi connectivity index (χ0) is 16.4. The predicted octanol–water partition coefficient (Wildman–Crippen LogP) is 3.25. The second-order valence-electron chi connectivity index (χ2n) is 5.37. The summed E-state index contributed by atoms with van der Waals surface area (Å²) in [6.07, 6.45) is 3.38. The number of aryl methyl sites for hydroxylation is 1. The Morgan fingerprint density at radius 2 is 2.26 bits per heavy atom. The summed E-state index contributed by atoms with van der Waals surface area (Å²) in [5, 5.41) is 12.7. The molecule has 3 rings (SSSR count). The maximum atomic E-state index is 12.3. The molecule has 2 aromatic rings. The third-order valence-electron chi connectivity index (χ3n) is 3.61. The van der Waals surface area contributed by atoms with Gasteiger partial charge in [-0.1, -0.05) is 11.6 Å². The highest BCUT2D eigenvalue weighted by Crippen LogP contribution is 2.31. The number of carboxylic acids is 1. The first-order chi connectivity index (χ1) is 11.0. The molecule has 1 unspecified atom stereocenters. The van der Waals surface area contributed by atoms with Crippen molar-refractivity contribution in [3.8, 4) is 0 Å². The fourth-order valence-corrected chi connectivity index (χ4v) is 3.34. The number of nitrogens with zero attached hydrogens (tertiary/aromatic N) is 1. The first kappa shape index (κ1) is 15.6. The highest BCUT2D eigenvalue weighted by atomic mass is 32.1. The molecule has 0 radical (unpaired) electrons. The first-order valence-corrected chi connectivity index (χ1v) is 8.09.